The molecule has 0 saturated carbocycles. The second-order valence-corrected chi connectivity index (χ2v) is 10.1. The van der Waals surface area contributed by atoms with E-state index in [-0.39, 0.29) is 28.7 Å². The Bertz CT molecular complexity index is 1310. The Morgan fingerprint density at radius 3 is 2.29 bits per heavy atom. The average molecular weight is 540 g/mol. The Labute approximate surface area is 226 Å². The number of nitrogens with zero attached hydrogens (tertiary/aromatic N) is 2. The molecule has 0 saturated heterocycles. The van der Waals surface area contributed by atoms with Crippen LogP contribution < -0.4 is 26.3 Å². The number of rotatable bonds is 11. The van der Waals surface area contributed by atoms with Gasteiger partial charge in [0.1, 0.15) is 22.4 Å². The van der Waals surface area contributed by atoms with E-state index < -0.39 is 23.4 Å². The SMILES string of the molecule is CCC(C)(C)NC(=O)C(c1ccc(OC)cc1)N(Cc1cccc(OC)c1)C(=O)c1snc(C(N)=O)c1N. The van der Waals surface area contributed by atoms with Gasteiger partial charge in [-0.25, -0.2) is 0 Å². The van der Waals surface area contributed by atoms with E-state index in [0.29, 0.717) is 23.5 Å². The molecular weight excluding hydrogens is 506 g/mol. The van der Waals surface area contributed by atoms with Crippen molar-refractivity contribution in [3.05, 3.63) is 70.2 Å². The highest BCUT2D eigenvalue weighted by Gasteiger charge is 2.36. The Balaban J connectivity index is 2.18. The van der Waals surface area contributed by atoms with Crippen LogP contribution in [0, 0.1) is 0 Å². The molecule has 202 valence electrons. The van der Waals surface area contributed by atoms with Gasteiger partial charge in [0.05, 0.1) is 19.9 Å². The van der Waals surface area contributed by atoms with Crippen LogP contribution in [0.4, 0.5) is 5.69 Å². The molecule has 0 fully saturated rings. The van der Waals surface area contributed by atoms with E-state index in [4.69, 9.17) is 20.9 Å². The fourth-order valence-electron chi connectivity index (χ4n) is 3.76. The zero-order valence-electron chi connectivity index (χ0n) is 22.1. The first-order chi connectivity index (χ1) is 18.0. The fraction of sp³-hybridized carbons (Fsp3) is 0.333. The van der Waals surface area contributed by atoms with Crippen molar-refractivity contribution in [2.45, 2.75) is 45.3 Å². The van der Waals surface area contributed by atoms with Crippen molar-refractivity contribution in [3.8, 4) is 11.5 Å². The molecule has 3 amide bonds. The second kappa shape index (κ2) is 12.0. The van der Waals surface area contributed by atoms with Crippen molar-refractivity contribution >= 4 is 34.9 Å². The minimum absolute atomic E-state index is 0.0164. The summed E-state index contributed by atoms with van der Waals surface area (Å²) in [5, 5.41) is 3.06. The topological polar surface area (TPSA) is 150 Å². The van der Waals surface area contributed by atoms with Gasteiger partial charge >= 0.3 is 0 Å². The highest BCUT2D eigenvalue weighted by molar-refractivity contribution is 7.09. The van der Waals surface area contributed by atoms with Crippen LogP contribution in [0.15, 0.2) is 48.5 Å². The standard InChI is InChI=1S/C27H33N5O5S/c1-6-27(2,3)30-25(34)22(17-10-12-18(36-4)13-11-17)32(15-16-8-7-9-19(14-16)37-5)26(35)23-20(28)21(24(29)33)31-38-23/h7-14,22H,6,15,28H2,1-5H3,(H2,29,33)(H,30,34). The number of hydrogen-bond donors (Lipinski definition) is 3. The van der Waals surface area contributed by atoms with E-state index in [9.17, 15) is 14.4 Å². The summed E-state index contributed by atoms with van der Waals surface area (Å²) < 4.78 is 14.6. The lowest BCUT2D eigenvalue weighted by Gasteiger charge is -2.34. The van der Waals surface area contributed by atoms with Gasteiger partial charge in [-0.2, -0.15) is 4.37 Å². The number of benzene rings is 2. The number of nitrogens with one attached hydrogen (secondary N) is 1. The third-order valence-corrected chi connectivity index (χ3v) is 7.09. The van der Waals surface area contributed by atoms with Gasteiger partial charge in [-0.05, 0) is 67.2 Å². The maximum atomic E-state index is 14.1. The number of anilines is 1. The normalized spacial score (nSPS) is 11.9. The van der Waals surface area contributed by atoms with Crippen LogP contribution in [0.1, 0.15) is 64.5 Å². The van der Waals surface area contributed by atoms with Crippen molar-refractivity contribution < 1.29 is 23.9 Å². The highest BCUT2D eigenvalue weighted by Crippen LogP contribution is 2.32. The molecule has 1 heterocycles. The zero-order valence-corrected chi connectivity index (χ0v) is 22.9. The molecule has 0 radical (unpaired) electrons. The largest absolute Gasteiger partial charge is 0.497 e. The third-order valence-electron chi connectivity index (χ3n) is 6.24. The van der Waals surface area contributed by atoms with Crippen LogP contribution in [0.5, 0.6) is 11.5 Å². The molecular formula is C27H33N5O5S. The molecule has 0 aliphatic heterocycles. The number of hydrogen-bond acceptors (Lipinski definition) is 8. The lowest BCUT2D eigenvalue weighted by atomic mass is 9.98. The average Bonchev–Trinajstić information content (AvgIpc) is 3.29. The van der Waals surface area contributed by atoms with E-state index in [1.54, 1.807) is 56.7 Å². The van der Waals surface area contributed by atoms with E-state index in [0.717, 1.165) is 17.1 Å². The number of aromatic nitrogens is 1. The van der Waals surface area contributed by atoms with Crippen molar-refractivity contribution in [1.29, 1.82) is 0 Å². The Hall–Kier alpha value is -4.12. The summed E-state index contributed by atoms with van der Waals surface area (Å²) in [5.74, 6) is -0.589. The second-order valence-electron chi connectivity index (χ2n) is 9.33. The molecule has 1 unspecified atom stereocenters. The van der Waals surface area contributed by atoms with Gasteiger partial charge < -0.3 is 31.2 Å². The lowest BCUT2D eigenvalue weighted by molar-refractivity contribution is -0.127. The van der Waals surface area contributed by atoms with Crippen LogP contribution in [0.2, 0.25) is 0 Å². The summed E-state index contributed by atoms with van der Waals surface area (Å²) in [5.41, 5.74) is 11.9. The molecule has 1 atom stereocenters. The van der Waals surface area contributed by atoms with Crippen LogP contribution in [-0.2, 0) is 11.3 Å². The minimum atomic E-state index is -1.05. The molecule has 5 N–H and O–H groups in total. The monoisotopic (exact) mass is 539 g/mol. The Morgan fingerprint density at radius 1 is 1.08 bits per heavy atom. The number of nitrogen functional groups attached to an aromatic ring is 1. The summed E-state index contributed by atoms with van der Waals surface area (Å²) in [6.07, 6.45) is 0.668. The number of methoxy groups -OCH3 is 2. The first-order valence-corrected chi connectivity index (χ1v) is 12.7. The molecule has 0 bridgehead atoms. The van der Waals surface area contributed by atoms with Crippen molar-refractivity contribution in [3.63, 3.8) is 0 Å². The molecule has 3 rings (SSSR count). The van der Waals surface area contributed by atoms with Crippen LogP contribution >= 0.6 is 11.5 Å². The summed E-state index contributed by atoms with van der Waals surface area (Å²) >= 11 is 0.764. The van der Waals surface area contributed by atoms with Crippen LogP contribution in [0.3, 0.4) is 0 Å². The van der Waals surface area contributed by atoms with Gasteiger partial charge in [0, 0.05) is 12.1 Å². The number of primary amides is 1. The number of ether oxygens (including phenoxy) is 2. The van der Waals surface area contributed by atoms with E-state index in [1.165, 1.54) is 4.90 Å². The van der Waals surface area contributed by atoms with E-state index in [1.807, 2.05) is 26.8 Å². The summed E-state index contributed by atoms with van der Waals surface area (Å²) in [4.78, 5) is 41.1. The molecule has 11 heteroatoms. The maximum absolute atomic E-state index is 14.1. The maximum Gasteiger partial charge on any atom is 0.270 e. The quantitative estimate of drug-likeness (QED) is 0.337. The van der Waals surface area contributed by atoms with Crippen LogP contribution in [-0.4, -0.2) is 46.8 Å². The third kappa shape index (κ3) is 6.41. The number of nitrogens with two attached hydrogens (primary N) is 2. The highest BCUT2D eigenvalue weighted by atomic mass is 32.1. The number of amides is 3. The molecule has 10 nitrogen and oxygen atoms in total. The first-order valence-electron chi connectivity index (χ1n) is 12.0. The van der Waals surface area contributed by atoms with E-state index in [2.05, 4.69) is 9.69 Å². The Morgan fingerprint density at radius 2 is 1.74 bits per heavy atom. The number of carbonyl (C=O) groups is 3. The predicted molar refractivity (Wildman–Crippen MR) is 146 cm³/mol. The molecule has 0 aliphatic rings. The van der Waals surface area contributed by atoms with Gasteiger partial charge in [-0.15, -0.1) is 0 Å². The first kappa shape index (κ1) is 28.5. The van der Waals surface area contributed by atoms with Crippen molar-refractivity contribution in [1.82, 2.24) is 14.6 Å². The fourth-order valence-corrected chi connectivity index (χ4v) is 4.52. The van der Waals surface area contributed by atoms with Gasteiger partial charge in [0.2, 0.25) is 5.91 Å². The van der Waals surface area contributed by atoms with Gasteiger partial charge in [0.25, 0.3) is 11.8 Å². The van der Waals surface area contributed by atoms with Gasteiger partial charge in [0.15, 0.2) is 5.69 Å². The molecule has 0 aliphatic carbocycles. The minimum Gasteiger partial charge on any atom is -0.497 e. The number of carbonyl (C=O) groups excluding carboxylic acids is 3. The molecule has 1 aromatic heterocycles. The van der Waals surface area contributed by atoms with Crippen LogP contribution in [0.25, 0.3) is 0 Å². The smallest absolute Gasteiger partial charge is 0.270 e. The Kier molecular flexibility index (Phi) is 8.95. The molecule has 2 aromatic carbocycles. The predicted octanol–water partition coefficient (Wildman–Crippen LogP) is 3.53. The summed E-state index contributed by atoms with van der Waals surface area (Å²) in [7, 11) is 3.09. The summed E-state index contributed by atoms with van der Waals surface area (Å²) in [6.45, 7) is 5.82. The van der Waals surface area contributed by atoms with Crippen molar-refractivity contribution in [2.24, 2.45) is 5.73 Å². The lowest BCUT2D eigenvalue weighted by Crippen LogP contribution is -2.50. The van der Waals surface area contributed by atoms with Gasteiger partial charge in [-0.3, -0.25) is 14.4 Å². The summed E-state index contributed by atoms with van der Waals surface area (Å²) in [6, 6.07) is 13.1. The molecule has 3 aromatic rings. The van der Waals surface area contributed by atoms with E-state index >= 15 is 0 Å². The zero-order chi connectivity index (χ0) is 28.0. The van der Waals surface area contributed by atoms with Crippen molar-refractivity contribution in [2.75, 3.05) is 20.0 Å². The molecule has 38 heavy (non-hydrogen) atoms. The molecule has 0 spiro atoms. The van der Waals surface area contributed by atoms with Gasteiger partial charge in [-0.1, -0.05) is 31.2 Å².